The second-order valence-corrected chi connectivity index (χ2v) is 3.44. The highest BCUT2D eigenvalue weighted by Crippen LogP contribution is 2.14. The molecule has 0 saturated carbocycles. The minimum absolute atomic E-state index is 0.243. The SMILES string of the molecule is C=C(C)C(=O)OCc1cccc(OCC)c1. The number of hydrogen-bond donors (Lipinski definition) is 0. The zero-order valence-electron chi connectivity index (χ0n) is 9.66. The van der Waals surface area contributed by atoms with Gasteiger partial charge in [-0.05, 0) is 31.5 Å². The second-order valence-electron chi connectivity index (χ2n) is 3.44. The quantitative estimate of drug-likeness (QED) is 0.565. The molecule has 0 saturated heterocycles. The van der Waals surface area contributed by atoms with Crippen LogP contribution >= 0.6 is 0 Å². The average molecular weight is 220 g/mol. The molecule has 16 heavy (non-hydrogen) atoms. The van der Waals surface area contributed by atoms with E-state index in [4.69, 9.17) is 9.47 Å². The van der Waals surface area contributed by atoms with Crippen LogP contribution in [-0.2, 0) is 16.1 Å². The van der Waals surface area contributed by atoms with Gasteiger partial charge < -0.3 is 9.47 Å². The zero-order chi connectivity index (χ0) is 12.0. The molecular weight excluding hydrogens is 204 g/mol. The first-order valence-corrected chi connectivity index (χ1v) is 5.18. The van der Waals surface area contributed by atoms with Crippen molar-refractivity contribution in [3.8, 4) is 5.75 Å². The van der Waals surface area contributed by atoms with E-state index in [-0.39, 0.29) is 12.6 Å². The Labute approximate surface area is 95.7 Å². The topological polar surface area (TPSA) is 35.5 Å². The Morgan fingerprint density at radius 3 is 2.81 bits per heavy atom. The van der Waals surface area contributed by atoms with Gasteiger partial charge in [-0.25, -0.2) is 4.79 Å². The first kappa shape index (κ1) is 12.3. The highest BCUT2D eigenvalue weighted by Gasteiger charge is 2.03. The third-order valence-corrected chi connectivity index (χ3v) is 1.93. The van der Waals surface area contributed by atoms with Gasteiger partial charge in [-0.2, -0.15) is 0 Å². The molecule has 0 unspecified atom stereocenters. The van der Waals surface area contributed by atoms with Crippen LogP contribution in [0.15, 0.2) is 36.4 Å². The van der Waals surface area contributed by atoms with E-state index in [1.807, 2.05) is 31.2 Å². The van der Waals surface area contributed by atoms with Gasteiger partial charge in [0, 0.05) is 5.57 Å². The summed E-state index contributed by atoms with van der Waals surface area (Å²) in [7, 11) is 0. The van der Waals surface area contributed by atoms with Crippen LogP contribution in [0.3, 0.4) is 0 Å². The molecule has 0 bridgehead atoms. The van der Waals surface area contributed by atoms with Gasteiger partial charge in [0.15, 0.2) is 0 Å². The molecule has 0 heterocycles. The lowest BCUT2D eigenvalue weighted by Crippen LogP contribution is -2.04. The molecule has 0 atom stereocenters. The summed E-state index contributed by atoms with van der Waals surface area (Å²) in [5.41, 5.74) is 1.31. The Morgan fingerprint density at radius 2 is 2.19 bits per heavy atom. The van der Waals surface area contributed by atoms with E-state index < -0.39 is 0 Å². The van der Waals surface area contributed by atoms with Gasteiger partial charge in [0.25, 0.3) is 0 Å². The fourth-order valence-corrected chi connectivity index (χ4v) is 1.16. The smallest absolute Gasteiger partial charge is 0.333 e. The number of carbonyl (C=O) groups is 1. The van der Waals surface area contributed by atoms with E-state index in [1.54, 1.807) is 6.92 Å². The molecule has 1 aromatic rings. The van der Waals surface area contributed by atoms with Crippen LogP contribution in [-0.4, -0.2) is 12.6 Å². The Balaban J connectivity index is 2.57. The summed E-state index contributed by atoms with van der Waals surface area (Å²) in [4.78, 5) is 11.2. The van der Waals surface area contributed by atoms with Crippen LogP contribution in [0.1, 0.15) is 19.4 Å². The van der Waals surface area contributed by atoms with Crippen molar-refractivity contribution in [1.82, 2.24) is 0 Å². The van der Waals surface area contributed by atoms with Crippen molar-refractivity contribution in [1.29, 1.82) is 0 Å². The molecular formula is C13H16O3. The summed E-state index contributed by atoms with van der Waals surface area (Å²) in [6.45, 7) is 7.93. The second kappa shape index (κ2) is 5.95. The van der Waals surface area contributed by atoms with Gasteiger partial charge in [0.1, 0.15) is 12.4 Å². The molecule has 0 spiro atoms. The third-order valence-electron chi connectivity index (χ3n) is 1.93. The van der Waals surface area contributed by atoms with Crippen molar-refractivity contribution in [2.75, 3.05) is 6.61 Å². The fraction of sp³-hybridized carbons (Fsp3) is 0.308. The van der Waals surface area contributed by atoms with Crippen LogP contribution in [0.25, 0.3) is 0 Å². The number of ether oxygens (including phenoxy) is 2. The third kappa shape index (κ3) is 3.77. The lowest BCUT2D eigenvalue weighted by Gasteiger charge is -2.07. The lowest BCUT2D eigenvalue weighted by atomic mass is 10.2. The molecule has 0 radical (unpaired) electrons. The minimum Gasteiger partial charge on any atom is -0.494 e. The van der Waals surface area contributed by atoms with Crippen LogP contribution in [0, 0.1) is 0 Å². The number of hydrogen-bond acceptors (Lipinski definition) is 3. The van der Waals surface area contributed by atoms with E-state index >= 15 is 0 Å². The van der Waals surface area contributed by atoms with Crippen LogP contribution in [0.4, 0.5) is 0 Å². The van der Waals surface area contributed by atoms with Gasteiger partial charge in [0.05, 0.1) is 6.61 Å². The van der Waals surface area contributed by atoms with E-state index in [0.717, 1.165) is 11.3 Å². The van der Waals surface area contributed by atoms with Gasteiger partial charge in [-0.15, -0.1) is 0 Å². The number of rotatable bonds is 5. The molecule has 0 aliphatic carbocycles. The molecule has 0 aliphatic heterocycles. The molecule has 0 fully saturated rings. The first-order valence-electron chi connectivity index (χ1n) is 5.18. The summed E-state index contributed by atoms with van der Waals surface area (Å²) in [5, 5.41) is 0. The Kier molecular flexibility index (Phi) is 4.58. The molecule has 3 heteroatoms. The zero-order valence-corrected chi connectivity index (χ0v) is 9.66. The van der Waals surface area contributed by atoms with E-state index in [1.165, 1.54) is 0 Å². The van der Waals surface area contributed by atoms with Gasteiger partial charge in [0.2, 0.25) is 0 Å². The van der Waals surface area contributed by atoms with Gasteiger partial charge in [-0.3, -0.25) is 0 Å². The number of esters is 1. The molecule has 0 N–H and O–H groups in total. The van der Waals surface area contributed by atoms with Crippen LogP contribution < -0.4 is 4.74 Å². The number of carbonyl (C=O) groups excluding carboxylic acids is 1. The molecule has 1 rings (SSSR count). The standard InChI is InChI=1S/C13H16O3/c1-4-15-12-7-5-6-11(8-12)9-16-13(14)10(2)3/h5-8H,2,4,9H2,1,3H3. The maximum atomic E-state index is 11.2. The molecule has 1 aromatic carbocycles. The predicted molar refractivity (Wildman–Crippen MR) is 62.2 cm³/mol. The van der Waals surface area contributed by atoms with Crippen molar-refractivity contribution in [3.05, 3.63) is 42.0 Å². The molecule has 0 aliphatic rings. The van der Waals surface area contributed by atoms with Crippen molar-refractivity contribution >= 4 is 5.97 Å². The predicted octanol–water partition coefficient (Wildman–Crippen LogP) is 2.70. The minimum atomic E-state index is -0.373. The summed E-state index contributed by atoms with van der Waals surface area (Å²) in [6.07, 6.45) is 0. The largest absolute Gasteiger partial charge is 0.494 e. The summed E-state index contributed by atoms with van der Waals surface area (Å²) in [5.74, 6) is 0.410. The van der Waals surface area contributed by atoms with Gasteiger partial charge in [-0.1, -0.05) is 18.7 Å². The summed E-state index contributed by atoms with van der Waals surface area (Å²) >= 11 is 0. The summed E-state index contributed by atoms with van der Waals surface area (Å²) < 4.78 is 10.4. The summed E-state index contributed by atoms with van der Waals surface area (Å²) in [6, 6.07) is 7.48. The monoisotopic (exact) mass is 220 g/mol. The molecule has 86 valence electrons. The van der Waals surface area contributed by atoms with Crippen molar-refractivity contribution in [2.24, 2.45) is 0 Å². The lowest BCUT2D eigenvalue weighted by molar-refractivity contribution is -0.140. The first-order chi connectivity index (χ1) is 7.63. The molecule has 0 amide bonds. The Hall–Kier alpha value is -1.77. The average Bonchev–Trinajstić information content (AvgIpc) is 2.26. The Morgan fingerprint density at radius 1 is 1.44 bits per heavy atom. The van der Waals surface area contributed by atoms with Gasteiger partial charge >= 0.3 is 5.97 Å². The van der Waals surface area contributed by atoms with Crippen LogP contribution in [0.2, 0.25) is 0 Å². The van der Waals surface area contributed by atoms with E-state index in [0.29, 0.717) is 12.2 Å². The molecule has 0 aromatic heterocycles. The van der Waals surface area contributed by atoms with E-state index in [2.05, 4.69) is 6.58 Å². The Bertz CT molecular complexity index is 383. The number of benzene rings is 1. The normalized spacial score (nSPS) is 9.62. The van der Waals surface area contributed by atoms with Crippen LogP contribution in [0.5, 0.6) is 5.75 Å². The fourth-order valence-electron chi connectivity index (χ4n) is 1.16. The van der Waals surface area contributed by atoms with E-state index in [9.17, 15) is 4.79 Å². The van der Waals surface area contributed by atoms with Crippen molar-refractivity contribution in [2.45, 2.75) is 20.5 Å². The van der Waals surface area contributed by atoms with Crippen molar-refractivity contribution in [3.63, 3.8) is 0 Å². The highest BCUT2D eigenvalue weighted by molar-refractivity contribution is 5.86. The maximum absolute atomic E-state index is 11.2. The maximum Gasteiger partial charge on any atom is 0.333 e. The highest BCUT2D eigenvalue weighted by atomic mass is 16.5. The molecule has 3 nitrogen and oxygen atoms in total. The van der Waals surface area contributed by atoms with Crippen molar-refractivity contribution < 1.29 is 14.3 Å².